The zero-order valence-electron chi connectivity index (χ0n) is 23.0. The molecule has 0 unspecified atom stereocenters. The van der Waals surface area contributed by atoms with Gasteiger partial charge in [0.2, 0.25) is 0 Å². The van der Waals surface area contributed by atoms with Crippen LogP contribution in [0, 0.1) is 56.7 Å². The predicted molar refractivity (Wildman–Crippen MR) is 138 cm³/mol. The van der Waals surface area contributed by atoms with E-state index in [4.69, 9.17) is 0 Å². The van der Waals surface area contributed by atoms with Crippen molar-refractivity contribution in [3.63, 3.8) is 0 Å². The highest BCUT2D eigenvalue weighted by atomic mass is 16.4. The van der Waals surface area contributed by atoms with Crippen LogP contribution in [0.4, 0.5) is 0 Å². The van der Waals surface area contributed by atoms with Crippen LogP contribution >= 0.6 is 0 Å². The van der Waals surface area contributed by atoms with Crippen molar-refractivity contribution >= 4 is 0 Å². The second-order valence-electron chi connectivity index (χ2n) is 15.1. The van der Waals surface area contributed by atoms with E-state index in [9.17, 15) is 15.3 Å². The Bertz CT molecular complexity index is 848. The number of hydrogen-bond donors (Lipinski definition) is 3. The van der Waals surface area contributed by atoms with Gasteiger partial charge in [0.05, 0.1) is 12.2 Å². The average molecular weight is 473 g/mol. The van der Waals surface area contributed by atoms with Gasteiger partial charge < -0.3 is 15.3 Å². The summed E-state index contributed by atoms with van der Waals surface area (Å²) in [5.41, 5.74) is 1.67. The molecule has 0 aromatic rings. The maximum absolute atomic E-state index is 11.5. The molecule has 5 rings (SSSR count). The molecule has 0 saturated heterocycles. The van der Waals surface area contributed by atoms with E-state index in [2.05, 4.69) is 55.0 Å². The summed E-state index contributed by atoms with van der Waals surface area (Å²) in [6.45, 7) is 20.9. The molecule has 194 valence electrons. The van der Waals surface area contributed by atoms with E-state index in [1.54, 1.807) is 0 Å². The molecule has 0 radical (unpaired) electrons. The van der Waals surface area contributed by atoms with Gasteiger partial charge in [-0.25, -0.2) is 0 Å². The SMILES string of the molecule is C=C(CC[C@@H](C)[C@H]1CC[C@@]2(C)[C@@H]3CC[C@H]4C(C)(C)[C@@H](O)[C@H](O)[C@H](O)[C@@]45C[C@@]35CC[C@]12C)C(C)C. The first-order valence-corrected chi connectivity index (χ1v) is 14.4. The van der Waals surface area contributed by atoms with E-state index in [0.29, 0.717) is 28.6 Å². The smallest absolute Gasteiger partial charge is 0.107 e. The zero-order valence-corrected chi connectivity index (χ0v) is 23.0. The topological polar surface area (TPSA) is 60.7 Å². The highest BCUT2D eigenvalue weighted by molar-refractivity contribution is 5.33. The molecular weight excluding hydrogens is 420 g/mol. The number of allylic oxidation sites excluding steroid dienone is 1. The van der Waals surface area contributed by atoms with Crippen LogP contribution in [0.25, 0.3) is 0 Å². The summed E-state index contributed by atoms with van der Waals surface area (Å²) < 4.78 is 0. The molecule has 5 aliphatic rings. The number of hydrogen-bond acceptors (Lipinski definition) is 3. The van der Waals surface area contributed by atoms with Crippen molar-refractivity contribution in [2.75, 3.05) is 0 Å². The van der Waals surface area contributed by atoms with Gasteiger partial charge in [-0.15, -0.1) is 0 Å². The first kappa shape index (κ1) is 25.3. The van der Waals surface area contributed by atoms with E-state index in [-0.39, 0.29) is 16.2 Å². The van der Waals surface area contributed by atoms with Crippen LogP contribution in [0.3, 0.4) is 0 Å². The Kier molecular flexibility index (Phi) is 5.63. The third-order valence-corrected chi connectivity index (χ3v) is 13.7. The van der Waals surface area contributed by atoms with E-state index < -0.39 is 18.3 Å². The molecular formula is C31H52O3. The summed E-state index contributed by atoms with van der Waals surface area (Å²) >= 11 is 0. The van der Waals surface area contributed by atoms with Crippen molar-refractivity contribution in [2.24, 2.45) is 56.7 Å². The third-order valence-electron chi connectivity index (χ3n) is 13.7. The van der Waals surface area contributed by atoms with Gasteiger partial charge in [-0.05, 0) is 109 Å². The Morgan fingerprint density at radius 2 is 1.50 bits per heavy atom. The number of aliphatic hydroxyl groups is 3. The zero-order chi connectivity index (χ0) is 25.1. The summed E-state index contributed by atoms with van der Waals surface area (Å²) in [7, 11) is 0. The molecule has 0 aromatic carbocycles. The Morgan fingerprint density at radius 3 is 2.15 bits per heavy atom. The van der Waals surface area contributed by atoms with Crippen LogP contribution in [0.5, 0.6) is 0 Å². The average Bonchev–Trinajstić information content (AvgIpc) is 3.39. The van der Waals surface area contributed by atoms with E-state index in [0.717, 1.165) is 31.1 Å². The van der Waals surface area contributed by atoms with Crippen LogP contribution in [-0.2, 0) is 0 Å². The predicted octanol–water partition coefficient (Wildman–Crippen LogP) is 6.36. The van der Waals surface area contributed by atoms with Gasteiger partial charge in [0.1, 0.15) is 6.10 Å². The molecule has 5 fully saturated rings. The van der Waals surface area contributed by atoms with Crippen molar-refractivity contribution in [1.82, 2.24) is 0 Å². The fraction of sp³-hybridized carbons (Fsp3) is 0.935. The summed E-state index contributed by atoms with van der Waals surface area (Å²) in [5.74, 6) is 2.99. The molecule has 2 spiro atoms. The second kappa shape index (κ2) is 7.57. The van der Waals surface area contributed by atoms with Crippen LogP contribution < -0.4 is 0 Å². The lowest BCUT2D eigenvalue weighted by Crippen LogP contribution is -2.65. The minimum atomic E-state index is -1.02. The van der Waals surface area contributed by atoms with Gasteiger partial charge in [0.25, 0.3) is 0 Å². The maximum Gasteiger partial charge on any atom is 0.107 e. The Labute approximate surface area is 208 Å². The van der Waals surface area contributed by atoms with Gasteiger partial charge >= 0.3 is 0 Å². The Balaban J connectivity index is 1.43. The molecule has 0 amide bonds. The molecule has 5 aliphatic carbocycles. The lowest BCUT2D eigenvalue weighted by atomic mass is 9.41. The fourth-order valence-electron chi connectivity index (χ4n) is 11.3. The normalized spacial score (nSPS) is 54.0. The van der Waals surface area contributed by atoms with Crippen LogP contribution in [-0.4, -0.2) is 33.6 Å². The van der Waals surface area contributed by atoms with E-state index in [1.807, 2.05) is 0 Å². The van der Waals surface area contributed by atoms with Crippen molar-refractivity contribution < 1.29 is 15.3 Å². The minimum absolute atomic E-state index is 0.159. The van der Waals surface area contributed by atoms with Gasteiger partial charge in [0, 0.05) is 5.41 Å². The van der Waals surface area contributed by atoms with E-state index in [1.165, 1.54) is 44.1 Å². The molecule has 0 heterocycles. The minimum Gasteiger partial charge on any atom is -0.390 e. The highest BCUT2D eigenvalue weighted by Crippen LogP contribution is 2.89. The van der Waals surface area contributed by atoms with Crippen molar-refractivity contribution in [3.8, 4) is 0 Å². The van der Waals surface area contributed by atoms with Crippen molar-refractivity contribution in [1.29, 1.82) is 0 Å². The van der Waals surface area contributed by atoms with Gasteiger partial charge in [-0.2, -0.15) is 0 Å². The number of rotatable bonds is 5. The molecule has 11 atom stereocenters. The second-order valence-corrected chi connectivity index (χ2v) is 15.1. The maximum atomic E-state index is 11.5. The number of fused-ring (bicyclic) bond motifs is 2. The first-order chi connectivity index (χ1) is 15.7. The molecule has 0 bridgehead atoms. The lowest BCUT2D eigenvalue weighted by Gasteiger charge is -2.64. The van der Waals surface area contributed by atoms with Gasteiger partial charge in [-0.1, -0.05) is 60.6 Å². The van der Waals surface area contributed by atoms with Crippen LogP contribution in [0.2, 0.25) is 0 Å². The van der Waals surface area contributed by atoms with Crippen LogP contribution in [0.1, 0.15) is 106 Å². The summed E-state index contributed by atoms with van der Waals surface area (Å²) in [6, 6.07) is 0. The molecule has 5 saturated carbocycles. The highest BCUT2D eigenvalue weighted by Gasteiger charge is 2.85. The van der Waals surface area contributed by atoms with Crippen LogP contribution in [0.15, 0.2) is 12.2 Å². The molecule has 3 heteroatoms. The Morgan fingerprint density at radius 1 is 0.853 bits per heavy atom. The Hall–Kier alpha value is -0.380. The van der Waals surface area contributed by atoms with E-state index >= 15 is 0 Å². The summed E-state index contributed by atoms with van der Waals surface area (Å²) in [4.78, 5) is 0. The lowest BCUT2D eigenvalue weighted by molar-refractivity contribution is -0.236. The molecule has 34 heavy (non-hydrogen) atoms. The fourth-order valence-corrected chi connectivity index (χ4v) is 11.3. The molecule has 3 N–H and O–H groups in total. The number of aliphatic hydroxyl groups excluding tert-OH is 3. The first-order valence-electron chi connectivity index (χ1n) is 14.4. The van der Waals surface area contributed by atoms with Crippen molar-refractivity contribution in [3.05, 3.63) is 12.2 Å². The quantitative estimate of drug-likeness (QED) is 0.408. The summed E-state index contributed by atoms with van der Waals surface area (Å²) in [6.07, 6.45) is 8.22. The van der Waals surface area contributed by atoms with Crippen molar-refractivity contribution in [2.45, 2.75) is 125 Å². The van der Waals surface area contributed by atoms with Gasteiger partial charge in [-0.3, -0.25) is 0 Å². The largest absolute Gasteiger partial charge is 0.390 e. The monoisotopic (exact) mass is 472 g/mol. The third kappa shape index (κ3) is 2.82. The van der Waals surface area contributed by atoms with Gasteiger partial charge in [0.15, 0.2) is 0 Å². The standard InChI is InChI=1S/C31H52O3/c1-18(2)19(3)9-10-20(4)21-13-14-29(8)23-12-11-22-27(5,6)25(33)24(32)26(34)31(22)17-30(23,31)16-15-28(21,29)7/h18,20-26,32-34H,3,9-17H2,1-2,4-8H3/t20-,21-,22+,23+,24+,25+,26+,28-,29+,30+,31-/m1/s1. The molecule has 0 aromatic heterocycles. The molecule has 0 aliphatic heterocycles. The summed E-state index contributed by atoms with van der Waals surface area (Å²) in [5, 5.41) is 33.3. The molecule has 3 nitrogen and oxygen atoms in total.